The normalized spacial score (nSPS) is 31.1. The van der Waals surface area contributed by atoms with Gasteiger partial charge in [-0.3, -0.25) is 14.7 Å². The molecule has 0 saturated carbocycles. The van der Waals surface area contributed by atoms with Gasteiger partial charge in [0, 0.05) is 36.9 Å². The van der Waals surface area contributed by atoms with Crippen LogP contribution in [0.1, 0.15) is 50.6 Å². The van der Waals surface area contributed by atoms with Crippen LogP contribution in [0.25, 0.3) is 0 Å². The molecule has 4 heteroatoms. The lowest BCUT2D eigenvalue weighted by atomic mass is 9.86. The molecular weight excluding hydrogens is 252 g/mol. The Morgan fingerprint density at radius 2 is 2.15 bits per heavy atom. The van der Waals surface area contributed by atoms with Gasteiger partial charge in [-0.1, -0.05) is 6.07 Å². The Bertz CT molecular complexity index is 463. The number of aliphatic carboxylic acids is 1. The van der Waals surface area contributed by atoms with Gasteiger partial charge in [0.05, 0.1) is 0 Å². The number of pyridine rings is 1. The number of fused-ring (bicyclic) bond motifs is 2. The number of hydrogen-bond donors (Lipinski definition) is 1. The quantitative estimate of drug-likeness (QED) is 0.917. The van der Waals surface area contributed by atoms with E-state index in [-0.39, 0.29) is 0 Å². The summed E-state index contributed by atoms with van der Waals surface area (Å²) in [7, 11) is 0. The molecule has 3 heterocycles. The number of rotatable bonds is 4. The van der Waals surface area contributed by atoms with Crippen LogP contribution in [0.15, 0.2) is 24.5 Å². The first-order valence-corrected chi connectivity index (χ1v) is 7.54. The van der Waals surface area contributed by atoms with Crippen LogP contribution in [0.4, 0.5) is 0 Å². The van der Waals surface area contributed by atoms with Gasteiger partial charge < -0.3 is 5.11 Å². The maximum Gasteiger partial charge on any atom is 0.303 e. The lowest BCUT2D eigenvalue weighted by Crippen LogP contribution is -2.44. The highest BCUT2D eigenvalue weighted by Gasteiger charge is 2.43. The monoisotopic (exact) mass is 274 g/mol. The molecule has 2 fully saturated rings. The highest BCUT2D eigenvalue weighted by atomic mass is 16.4. The van der Waals surface area contributed by atoms with Crippen molar-refractivity contribution < 1.29 is 9.90 Å². The number of piperidine rings is 1. The molecule has 3 atom stereocenters. The summed E-state index contributed by atoms with van der Waals surface area (Å²) in [5.74, 6) is -0.287. The van der Waals surface area contributed by atoms with Crippen LogP contribution in [-0.2, 0) is 4.79 Å². The van der Waals surface area contributed by atoms with Crippen molar-refractivity contribution in [3.05, 3.63) is 30.1 Å². The van der Waals surface area contributed by atoms with E-state index in [1.165, 1.54) is 18.4 Å². The summed E-state index contributed by atoms with van der Waals surface area (Å²) < 4.78 is 0. The summed E-state index contributed by atoms with van der Waals surface area (Å²) in [6.45, 7) is 2.25. The van der Waals surface area contributed by atoms with Crippen molar-refractivity contribution in [1.29, 1.82) is 0 Å². The molecular formula is C16H22N2O2. The number of carboxylic acids is 1. The van der Waals surface area contributed by atoms with Gasteiger partial charge in [0.2, 0.25) is 0 Å². The third-order valence-corrected chi connectivity index (χ3v) is 4.96. The Labute approximate surface area is 119 Å². The van der Waals surface area contributed by atoms with Gasteiger partial charge in [-0.25, -0.2) is 0 Å². The highest BCUT2D eigenvalue weighted by Crippen LogP contribution is 2.44. The van der Waals surface area contributed by atoms with E-state index in [0.29, 0.717) is 30.5 Å². The third kappa shape index (κ3) is 2.57. The molecule has 0 aromatic carbocycles. The van der Waals surface area contributed by atoms with E-state index in [9.17, 15) is 4.79 Å². The molecule has 0 radical (unpaired) electrons. The summed E-state index contributed by atoms with van der Waals surface area (Å²) in [4.78, 5) is 17.7. The largest absolute Gasteiger partial charge is 0.481 e. The lowest BCUT2D eigenvalue weighted by molar-refractivity contribution is -0.138. The van der Waals surface area contributed by atoms with Gasteiger partial charge in [-0.05, 0) is 50.2 Å². The SMILES string of the molecule is CC(c1cccnc1)N1C2CCC1CC(CC(=O)O)C2. The molecule has 0 amide bonds. The van der Waals surface area contributed by atoms with E-state index in [0.717, 1.165) is 12.8 Å². The summed E-state index contributed by atoms with van der Waals surface area (Å²) >= 11 is 0. The molecule has 0 aliphatic carbocycles. The lowest BCUT2D eigenvalue weighted by Gasteiger charge is -2.42. The second-order valence-corrected chi connectivity index (χ2v) is 6.23. The second-order valence-electron chi connectivity index (χ2n) is 6.23. The van der Waals surface area contributed by atoms with Crippen LogP contribution < -0.4 is 0 Å². The molecule has 108 valence electrons. The molecule has 2 aliphatic rings. The Kier molecular flexibility index (Phi) is 3.74. The minimum Gasteiger partial charge on any atom is -0.481 e. The highest BCUT2D eigenvalue weighted by molar-refractivity contribution is 5.67. The van der Waals surface area contributed by atoms with Gasteiger partial charge in [0.25, 0.3) is 0 Å². The summed E-state index contributed by atoms with van der Waals surface area (Å²) in [5, 5.41) is 8.99. The standard InChI is InChI=1S/C16H22N2O2/c1-11(13-3-2-6-17-10-13)18-14-4-5-15(18)8-12(7-14)9-16(19)20/h2-3,6,10-12,14-15H,4-5,7-9H2,1H3,(H,19,20). The van der Waals surface area contributed by atoms with Crippen LogP contribution >= 0.6 is 0 Å². The maximum absolute atomic E-state index is 10.9. The maximum atomic E-state index is 10.9. The average Bonchev–Trinajstić information content (AvgIpc) is 2.70. The van der Waals surface area contributed by atoms with E-state index < -0.39 is 5.97 Å². The fourth-order valence-electron chi connectivity index (χ4n) is 4.17. The van der Waals surface area contributed by atoms with Crippen LogP contribution in [0.5, 0.6) is 0 Å². The zero-order valence-electron chi connectivity index (χ0n) is 11.9. The zero-order valence-corrected chi connectivity index (χ0v) is 11.9. The summed E-state index contributed by atoms with van der Waals surface area (Å²) in [6.07, 6.45) is 8.59. The van der Waals surface area contributed by atoms with E-state index in [1.807, 2.05) is 18.5 Å². The van der Waals surface area contributed by atoms with Gasteiger partial charge in [0.1, 0.15) is 0 Å². The number of aromatic nitrogens is 1. The Hall–Kier alpha value is -1.42. The minimum absolute atomic E-state index is 0.335. The van der Waals surface area contributed by atoms with Crippen molar-refractivity contribution >= 4 is 5.97 Å². The van der Waals surface area contributed by atoms with Gasteiger partial charge in [-0.2, -0.15) is 0 Å². The van der Waals surface area contributed by atoms with Crippen molar-refractivity contribution in [1.82, 2.24) is 9.88 Å². The zero-order chi connectivity index (χ0) is 14.1. The molecule has 3 unspecified atom stereocenters. The molecule has 4 nitrogen and oxygen atoms in total. The van der Waals surface area contributed by atoms with Crippen molar-refractivity contribution in [2.75, 3.05) is 0 Å². The van der Waals surface area contributed by atoms with Crippen molar-refractivity contribution in [3.8, 4) is 0 Å². The number of hydrogen-bond acceptors (Lipinski definition) is 3. The molecule has 3 rings (SSSR count). The van der Waals surface area contributed by atoms with Crippen LogP contribution in [-0.4, -0.2) is 33.0 Å². The fourth-order valence-corrected chi connectivity index (χ4v) is 4.17. The third-order valence-electron chi connectivity index (χ3n) is 4.96. The second kappa shape index (κ2) is 5.52. The average molecular weight is 274 g/mol. The van der Waals surface area contributed by atoms with Gasteiger partial charge in [-0.15, -0.1) is 0 Å². The molecule has 20 heavy (non-hydrogen) atoms. The summed E-state index contributed by atoms with van der Waals surface area (Å²) in [6, 6.07) is 5.61. The first-order valence-electron chi connectivity index (χ1n) is 7.54. The number of carboxylic acid groups (broad SMARTS) is 1. The van der Waals surface area contributed by atoms with E-state index in [1.54, 1.807) is 0 Å². The predicted octanol–water partition coefficient (Wildman–Crippen LogP) is 2.86. The van der Waals surface area contributed by atoms with Crippen molar-refractivity contribution in [2.45, 2.75) is 57.2 Å². The first kappa shape index (κ1) is 13.6. The van der Waals surface area contributed by atoms with Gasteiger partial charge in [0.15, 0.2) is 0 Å². The van der Waals surface area contributed by atoms with E-state index >= 15 is 0 Å². The Morgan fingerprint density at radius 3 is 2.70 bits per heavy atom. The smallest absolute Gasteiger partial charge is 0.303 e. The van der Waals surface area contributed by atoms with Crippen LogP contribution in [0.2, 0.25) is 0 Å². The molecule has 2 saturated heterocycles. The number of carbonyl (C=O) groups is 1. The molecule has 1 aromatic rings. The summed E-state index contributed by atoms with van der Waals surface area (Å²) in [5.41, 5.74) is 1.26. The van der Waals surface area contributed by atoms with Crippen molar-refractivity contribution in [2.24, 2.45) is 5.92 Å². The molecule has 1 N–H and O–H groups in total. The predicted molar refractivity (Wildman–Crippen MR) is 76.3 cm³/mol. The fraction of sp³-hybridized carbons (Fsp3) is 0.625. The van der Waals surface area contributed by atoms with E-state index in [4.69, 9.17) is 5.11 Å². The molecule has 1 aromatic heterocycles. The molecule has 2 aliphatic heterocycles. The first-order chi connectivity index (χ1) is 9.65. The van der Waals surface area contributed by atoms with Crippen molar-refractivity contribution in [3.63, 3.8) is 0 Å². The Balaban J connectivity index is 1.72. The number of nitrogens with zero attached hydrogens (tertiary/aromatic N) is 2. The molecule has 2 bridgehead atoms. The van der Waals surface area contributed by atoms with Gasteiger partial charge >= 0.3 is 5.97 Å². The molecule has 0 spiro atoms. The van der Waals surface area contributed by atoms with Crippen LogP contribution in [0, 0.1) is 5.92 Å². The van der Waals surface area contributed by atoms with Crippen LogP contribution in [0.3, 0.4) is 0 Å². The minimum atomic E-state index is -0.650. The topological polar surface area (TPSA) is 53.4 Å². The Morgan fingerprint density at radius 1 is 1.45 bits per heavy atom. The van der Waals surface area contributed by atoms with E-state index in [2.05, 4.69) is 22.9 Å².